The van der Waals surface area contributed by atoms with Crippen LogP contribution in [0.4, 0.5) is 5.82 Å². The summed E-state index contributed by atoms with van der Waals surface area (Å²) in [6, 6.07) is 16.2. The van der Waals surface area contributed by atoms with Crippen LogP contribution in [-0.2, 0) is 6.54 Å². The Morgan fingerprint density at radius 3 is 2.25 bits per heavy atom. The number of carbonyl (C=O) groups is 1. The lowest BCUT2D eigenvalue weighted by Gasteiger charge is -2.44. The first-order valence-corrected chi connectivity index (χ1v) is 15.2. The molecule has 2 aliphatic heterocycles. The number of pyridine rings is 1. The molecule has 1 N–H and O–H groups in total. The highest BCUT2D eigenvalue weighted by Crippen LogP contribution is 2.29. The van der Waals surface area contributed by atoms with Crippen LogP contribution < -0.4 is 10.2 Å². The maximum atomic E-state index is 12.7. The number of carbonyl (C=O) groups excluding carboxylic acids is 1. The number of benzene rings is 2. The quantitative estimate of drug-likeness (QED) is 0.309. The standard InChI is InChI=1S/C30H33Cl4N5O/c1-20(22-3-5-24(31)6-4-22)37-10-8-25(9-11-37)38-12-14-39(15-13-38)29-28(34)17-23(19-35-29)30(40)36-18-21-2-7-26(32)27(33)16-21/h2-7,16-17,19-20,25H,8-15,18H2,1H3,(H,36,40). The molecule has 1 amide bonds. The van der Waals surface area contributed by atoms with Gasteiger partial charge in [0.05, 0.1) is 20.6 Å². The highest BCUT2D eigenvalue weighted by atomic mass is 35.5. The average molecular weight is 621 g/mol. The van der Waals surface area contributed by atoms with Gasteiger partial charge < -0.3 is 10.2 Å². The molecule has 1 aromatic heterocycles. The molecule has 212 valence electrons. The Kier molecular flexibility index (Phi) is 9.77. The van der Waals surface area contributed by atoms with E-state index in [9.17, 15) is 4.79 Å². The SMILES string of the molecule is CC(c1ccc(Cl)cc1)N1CCC(N2CCN(c3ncc(C(=O)NCc4ccc(Cl)c(Cl)c4)cc3Cl)CC2)CC1. The van der Waals surface area contributed by atoms with Gasteiger partial charge in [-0.1, -0.05) is 64.6 Å². The van der Waals surface area contributed by atoms with Crippen molar-refractivity contribution in [3.63, 3.8) is 0 Å². The molecule has 1 atom stereocenters. The van der Waals surface area contributed by atoms with Crippen LogP contribution in [0.15, 0.2) is 54.7 Å². The second kappa shape index (κ2) is 13.3. The molecule has 2 aromatic carbocycles. The molecule has 0 saturated carbocycles. The minimum atomic E-state index is -0.242. The zero-order valence-electron chi connectivity index (χ0n) is 22.4. The summed E-state index contributed by atoms with van der Waals surface area (Å²) in [7, 11) is 0. The van der Waals surface area contributed by atoms with Crippen LogP contribution in [0.2, 0.25) is 20.1 Å². The van der Waals surface area contributed by atoms with Gasteiger partial charge in [-0.05, 0) is 61.2 Å². The number of halogens is 4. The van der Waals surface area contributed by atoms with Gasteiger partial charge in [-0.2, -0.15) is 0 Å². The van der Waals surface area contributed by atoms with Crippen LogP contribution in [0.5, 0.6) is 0 Å². The second-order valence-electron chi connectivity index (χ2n) is 10.5. The Bertz CT molecular complexity index is 1320. The fourth-order valence-corrected chi connectivity index (χ4v) is 6.34. The van der Waals surface area contributed by atoms with E-state index in [2.05, 4.69) is 44.1 Å². The van der Waals surface area contributed by atoms with Crippen molar-refractivity contribution in [2.24, 2.45) is 0 Å². The Hall–Kier alpha value is -2.06. The Morgan fingerprint density at radius 2 is 1.60 bits per heavy atom. The molecule has 3 heterocycles. The Morgan fingerprint density at radius 1 is 0.900 bits per heavy atom. The van der Waals surface area contributed by atoms with Crippen molar-refractivity contribution in [3.8, 4) is 0 Å². The van der Waals surface area contributed by atoms with E-state index in [1.165, 1.54) is 18.4 Å². The van der Waals surface area contributed by atoms with Crippen molar-refractivity contribution in [1.82, 2.24) is 20.1 Å². The van der Waals surface area contributed by atoms with E-state index in [-0.39, 0.29) is 5.91 Å². The summed E-state index contributed by atoms with van der Waals surface area (Å²) in [5.74, 6) is 0.488. The van der Waals surface area contributed by atoms with Gasteiger partial charge in [-0.15, -0.1) is 0 Å². The van der Waals surface area contributed by atoms with Gasteiger partial charge in [0, 0.05) is 69.1 Å². The topological polar surface area (TPSA) is 51.7 Å². The fraction of sp³-hybridized carbons (Fsp3) is 0.400. The number of hydrogen-bond acceptors (Lipinski definition) is 5. The molecule has 2 saturated heterocycles. The summed E-state index contributed by atoms with van der Waals surface area (Å²) in [6.07, 6.45) is 3.93. The lowest BCUT2D eigenvalue weighted by Crippen LogP contribution is -2.53. The minimum absolute atomic E-state index is 0.242. The van der Waals surface area contributed by atoms with E-state index in [0.717, 1.165) is 55.7 Å². The van der Waals surface area contributed by atoms with Gasteiger partial charge in [0.1, 0.15) is 5.82 Å². The predicted octanol–water partition coefficient (Wildman–Crippen LogP) is 6.97. The van der Waals surface area contributed by atoms with Gasteiger partial charge >= 0.3 is 0 Å². The lowest BCUT2D eigenvalue weighted by molar-refractivity contribution is 0.0839. The van der Waals surface area contributed by atoms with Crippen LogP contribution in [0, 0.1) is 0 Å². The zero-order chi connectivity index (χ0) is 28.2. The second-order valence-corrected chi connectivity index (χ2v) is 12.1. The average Bonchev–Trinajstić information content (AvgIpc) is 2.98. The number of aromatic nitrogens is 1. The van der Waals surface area contributed by atoms with Crippen molar-refractivity contribution < 1.29 is 4.79 Å². The summed E-state index contributed by atoms with van der Waals surface area (Å²) < 4.78 is 0. The van der Waals surface area contributed by atoms with Gasteiger partial charge in [-0.25, -0.2) is 4.98 Å². The first-order chi connectivity index (χ1) is 19.3. The molecule has 0 aliphatic carbocycles. The van der Waals surface area contributed by atoms with Crippen molar-refractivity contribution >= 4 is 58.1 Å². The summed E-state index contributed by atoms with van der Waals surface area (Å²) in [6.45, 7) is 8.46. The number of piperidine rings is 1. The summed E-state index contributed by atoms with van der Waals surface area (Å²) in [5.41, 5.74) is 2.60. The highest BCUT2D eigenvalue weighted by Gasteiger charge is 2.30. The molecule has 6 nitrogen and oxygen atoms in total. The summed E-state index contributed by atoms with van der Waals surface area (Å²) in [5, 5.41) is 5.09. The smallest absolute Gasteiger partial charge is 0.253 e. The molecular weight excluding hydrogens is 588 g/mol. The van der Waals surface area contributed by atoms with Crippen molar-refractivity contribution in [1.29, 1.82) is 0 Å². The van der Waals surface area contributed by atoms with Crippen LogP contribution in [0.3, 0.4) is 0 Å². The molecular formula is C30H33Cl4N5O. The van der Waals surface area contributed by atoms with Gasteiger partial charge in [-0.3, -0.25) is 14.6 Å². The molecule has 10 heteroatoms. The van der Waals surface area contributed by atoms with Crippen molar-refractivity contribution in [2.75, 3.05) is 44.2 Å². The predicted molar refractivity (Wildman–Crippen MR) is 165 cm³/mol. The maximum absolute atomic E-state index is 12.7. The minimum Gasteiger partial charge on any atom is -0.353 e. The number of nitrogens with zero attached hydrogens (tertiary/aromatic N) is 4. The number of anilines is 1. The first-order valence-electron chi connectivity index (χ1n) is 13.6. The van der Waals surface area contributed by atoms with Crippen molar-refractivity contribution in [2.45, 2.75) is 38.4 Å². The lowest BCUT2D eigenvalue weighted by atomic mass is 9.98. The first kappa shape index (κ1) is 29.4. The van der Waals surface area contributed by atoms with Gasteiger partial charge in [0.25, 0.3) is 5.91 Å². The largest absolute Gasteiger partial charge is 0.353 e. The van der Waals surface area contributed by atoms with Gasteiger partial charge in [0.2, 0.25) is 0 Å². The third-order valence-electron chi connectivity index (χ3n) is 8.05. The maximum Gasteiger partial charge on any atom is 0.253 e. The Labute approximate surface area is 256 Å². The monoisotopic (exact) mass is 619 g/mol. The molecule has 0 radical (unpaired) electrons. The molecule has 5 rings (SSSR count). The van der Waals surface area contributed by atoms with E-state index in [1.54, 1.807) is 24.4 Å². The molecule has 2 aliphatic rings. The number of nitrogens with one attached hydrogen (secondary N) is 1. The van der Waals surface area contributed by atoms with E-state index >= 15 is 0 Å². The third kappa shape index (κ3) is 7.04. The normalized spacial score (nSPS) is 18.1. The highest BCUT2D eigenvalue weighted by molar-refractivity contribution is 6.42. The molecule has 1 unspecified atom stereocenters. The Balaban J connectivity index is 1.10. The number of amides is 1. The van der Waals surface area contributed by atoms with Crippen LogP contribution in [0.1, 0.15) is 47.3 Å². The van der Waals surface area contributed by atoms with E-state index < -0.39 is 0 Å². The number of piperazine rings is 1. The number of likely N-dealkylation sites (tertiary alicyclic amines) is 1. The zero-order valence-corrected chi connectivity index (χ0v) is 25.4. The third-order valence-corrected chi connectivity index (χ3v) is 9.32. The molecule has 0 spiro atoms. The number of hydrogen-bond donors (Lipinski definition) is 1. The van der Waals surface area contributed by atoms with E-state index in [0.29, 0.717) is 39.3 Å². The van der Waals surface area contributed by atoms with Gasteiger partial charge in [0.15, 0.2) is 0 Å². The van der Waals surface area contributed by atoms with Crippen LogP contribution in [0.25, 0.3) is 0 Å². The van der Waals surface area contributed by atoms with E-state index in [4.69, 9.17) is 46.4 Å². The number of rotatable bonds is 7. The van der Waals surface area contributed by atoms with Crippen LogP contribution >= 0.6 is 46.4 Å². The van der Waals surface area contributed by atoms with Crippen molar-refractivity contribution in [3.05, 3.63) is 91.5 Å². The molecule has 40 heavy (non-hydrogen) atoms. The van der Waals surface area contributed by atoms with E-state index in [1.807, 2.05) is 18.2 Å². The summed E-state index contributed by atoms with van der Waals surface area (Å²) in [4.78, 5) is 24.7. The summed E-state index contributed by atoms with van der Waals surface area (Å²) >= 11 is 24.7. The molecule has 2 fully saturated rings. The van der Waals surface area contributed by atoms with Crippen LogP contribution in [-0.4, -0.2) is 66.0 Å². The fourth-order valence-electron chi connectivity index (χ4n) is 5.61. The molecule has 0 bridgehead atoms. The molecule has 3 aromatic rings.